The highest BCUT2D eigenvalue weighted by atomic mass is 32.1. The van der Waals surface area contributed by atoms with E-state index in [1.54, 1.807) is 13.8 Å². The van der Waals surface area contributed by atoms with Crippen LogP contribution in [0.15, 0.2) is 16.2 Å². The molecule has 2 aromatic heterocycles. The standard InChI is InChI=1S/C11H11NO3S/c1-3-15-11(14)8-6(2)7-4-5-16-10(7)12-9(8)13/h4-5H,3H2,1-2H3,(H,12,13). The van der Waals surface area contributed by atoms with Gasteiger partial charge in [0.05, 0.1) is 6.61 Å². The first-order valence-electron chi connectivity index (χ1n) is 4.92. The summed E-state index contributed by atoms with van der Waals surface area (Å²) in [6.45, 7) is 3.74. The maximum Gasteiger partial charge on any atom is 0.344 e. The van der Waals surface area contributed by atoms with Crippen LogP contribution in [0, 0.1) is 6.92 Å². The molecule has 0 atom stereocenters. The molecule has 0 spiro atoms. The third-order valence-corrected chi connectivity index (χ3v) is 3.21. The first kappa shape index (κ1) is 10.9. The van der Waals surface area contributed by atoms with Crippen molar-refractivity contribution in [2.45, 2.75) is 13.8 Å². The maximum absolute atomic E-state index is 11.7. The second-order valence-electron chi connectivity index (χ2n) is 3.34. The zero-order chi connectivity index (χ0) is 11.7. The Morgan fingerprint density at radius 2 is 2.31 bits per heavy atom. The molecule has 0 fully saturated rings. The minimum Gasteiger partial charge on any atom is -0.462 e. The molecule has 2 rings (SSSR count). The molecule has 0 amide bonds. The van der Waals surface area contributed by atoms with Crippen molar-refractivity contribution in [3.8, 4) is 0 Å². The second-order valence-corrected chi connectivity index (χ2v) is 4.25. The number of carbonyl (C=O) groups is 1. The molecule has 2 heterocycles. The van der Waals surface area contributed by atoms with Crippen LogP contribution in [0.3, 0.4) is 0 Å². The summed E-state index contributed by atoms with van der Waals surface area (Å²) < 4.78 is 4.86. The number of aromatic nitrogens is 1. The number of aryl methyl sites for hydroxylation is 1. The highest BCUT2D eigenvalue weighted by Gasteiger charge is 2.17. The van der Waals surface area contributed by atoms with Crippen LogP contribution in [0.25, 0.3) is 10.2 Å². The monoisotopic (exact) mass is 237 g/mol. The first-order chi connectivity index (χ1) is 7.65. The number of rotatable bonds is 2. The quantitative estimate of drug-likeness (QED) is 0.813. The number of esters is 1. The van der Waals surface area contributed by atoms with E-state index in [9.17, 15) is 9.59 Å². The van der Waals surface area contributed by atoms with Crippen molar-refractivity contribution < 1.29 is 9.53 Å². The third-order valence-electron chi connectivity index (χ3n) is 2.38. The van der Waals surface area contributed by atoms with Crippen LogP contribution in [0.1, 0.15) is 22.8 Å². The number of hydrogen-bond donors (Lipinski definition) is 1. The van der Waals surface area contributed by atoms with Gasteiger partial charge < -0.3 is 9.72 Å². The van der Waals surface area contributed by atoms with Crippen LogP contribution in [0.2, 0.25) is 0 Å². The smallest absolute Gasteiger partial charge is 0.344 e. The summed E-state index contributed by atoms with van der Waals surface area (Å²) in [7, 11) is 0. The number of thiophene rings is 1. The Labute approximate surface area is 95.9 Å². The molecule has 2 aromatic rings. The summed E-state index contributed by atoms with van der Waals surface area (Å²) in [5, 5.41) is 2.77. The van der Waals surface area contributed by atoms with Crippen molar-refractivity contribution in [2.75, 3.05) is 6.61 Å². The molecular formula is C11H11NO3S. The van der Waals surface area contributed by atoms with Gasteiger partial charge in [-0.1, -0.05) is 0 Å². The molecule has 0 aliphatic carbocycles. The molecule has 0 aliphatic rings. The molecule has 0 aliphatic heterocycles. The highest BCUT2D eigenvalue weighted by molar-refractivity contribution is 7.16. The minimum absolute atomic E-state index is 0.104. The Morgan fingerprint density at radius 3 is 3.00 bits per heavy atom. The highest BCUT2D eigenvalue weighted by Crippen LogP contribution is 2.22. The summed E-state index contributed by atoms with van der Waals surface area (Å²) in [6, 6.07) is 1.88. The molecule has 0 saturated carbocycles. The van der Waals surface area contributed by atoms with E-state index in [1.807, 2.05) is 11.4 Å². The third kappa shape index (κ3) is 1.63. The van der Waals surface area contributed by atoms with Crippen LogP contribution in [-0.4, -0.2) is 17.6 Å². The van der Waals surface area contributed by atoms with Gasteiger partial charge in [0.1, 0.15) is 10.4 Å². The lowest BCUT2D eigenvalue weighted by molar-refractivity contribution is 0.0523. The van der Waals surface area contributed by atoms with Crippen molar-refractivity contribution in [1.29, 1.82) is 0 Å². The average molecular weight is 237 g/mol. The molecule has 1 N–H and O–H groups in total. The van der Waals surface area contributed by atoms with Gasteiger partial charge in [0, 0.05) is 5.39 Å². The van der Waals surface area contributed by atoms with E-state index in [0.29, 0.717) is 5.56 Å². The van der Waals surface area contributed by atoms with Gasteiger partial charge in [0.25, 0.3) is 5.56 Å². The van der Waals surface area contributed by atoms with E-state index < -0.39 is 5.97 Å². The number of nitrogens with one attached hydrogen (secondary N) is 1. The van der Waals surface area contributed by atoms with E-state index in [0.717, 1.165) is 10.2 Å². The van der Waals surface area contributed by atoms with Crippen molar-refractivity contribution in [2.24, 2.45) is 0 Å². The topological polar surface area (TPSA) is 59.2 Å². The van der Waals surface area contributed by atoms with Gasteiger partial charge in [0.2, 0.25) is 0 Å². The summed E-state index contributed by atoms with van der Waals surface area (Å²) in [5.74, 6) is -0.561. The van der Waals surface area contributed by atoms with Crippen molar-refractivity contribution in [3.05, 3.63) is 32.9 Å². The fourth-order valence-electron chi connectivity index (χ4n) is 1.62. The summed E-state index contributed by atoms with van der Waals surface area (Å²) in [5.41, 5.74) is 0.400. The Bertz CT molecular complexity index is 597. The number of fused-ring (bicyclic) bond motifs is 1. The maximum atomic E-state index is 11.7. The summed E-state index contributed by atoms with van der Waals surface area (Å²) >= 11 is 1.44. The second kappa shape index (κ2) is 4.09. The van der Waals surface area contributed by atoms with Crippen LogP contribution in [0.5, 0.6) is 0 Å². The lowest BCUT2D eigenvalue weighted by Gasteiger charge is -2.05. The van der Waals surface area contributed by atoms with Gasteiger partial charge >= 0.3 is 5.97 Å². The Balaban J connectivity index is 2.68. The van der Waals surface area contributed by atoms with Gasteiger partial charge in [-0.3, -0.25) is 4.79 Å². The van der Waals surface area contributed by atoms with Gasteiger partial charge in [-0.15, -0.1) is 11.3 Å². The van der Waals surface area contributed by atoms with Crippen LogP contribution >= 0.6 is 11.3 Å². The molecule has 5 heteroatoms. The normalized spacial score (nSPS) is 10.6. The number of pyridine rings is 1. The first-order valence-corrected chi connectivity index (χ1v) is 5.80. The molecule has 4 nitrogen and oxygen atoms in total. The predicted molar refractivity (Wildman–Crippen MR) is 63.1 cm³/mol. The van der Waals surface area contributed by atoms with Gasteiger partial charge in [-0.05, 0) is 30.9 Å². The number of carbonyl (C=O) groups excluding carboxylic acids is 1. The minimum atomic E-state index is -0.561. The molecule has 0 radical (unpaired) electrons. The molecule has 0 aromatic carbocycles. The zero-order valence-corrected chi connectivity index (χ0v) is 9.81. The zero-order valence-electron chi connectivity index (χ0n) is 8.99. The molecule has 0 saturated heterocycles. The van der Waals surface area contributed by atoms with Gasteiger partial charge in [0.15, 0.2) is 0 Å². The van der Waals surface area contributed by atoms with Crippen molar-refractivity contribution in [1.82, 2.24) is 4.98 Å². The average Bonchev–Trinajstić information content (AvgIpc) is 2.66. The van der Waals surface area contributed by atoms with E-state index >= 15 is 0 Å². The van der Waals surface area contributed by atoms with E-state index in [1.165, 1.54) is 11.3 Å². The fourth-order valence-corrected chi connectivity index (χ4v) is 2.46. The van der Waals surface area contributed by atoms with E-state index in [-0.39, 0.29) is 17.7 Å². The molecule has 16 heavy (non-hydrogen) atoms. The summed E-state index contributed by atoms with van der Waals surface area (Å²) in [6.07, 6.45) is 0. The Kier molecular flexibility index (Phi) is 2.78. The SMILES string of the molecule is CCOC(=O)c1c(C)c2ccsc2[nH]c1=O. The lowest BCUT2D eigenvalue weighted by Crippen LogP contribution is -2.21. The lowest BCUT2D eigenvalue weighted by atomic mass is 10.1. The number of ether oxygens (including phenoxy) is 1. The predicted octanol–water partition coefficient (Wildman–Crippen LogP) is 2.07. The Hall–Kier alpha value is -1.62. The number of H-pyrrole nitrogens is 1. The number of aromatic amines is 1. The summed E-state index contributed by atoms with van der Waals surface area (Å²) in [4.78, 5) is 26.8. The van der Waals surface area contributed by atoms with E-state index in [2.05, 4.69) is 4.98 Å². The van der Waals surface area contributed by atoms with Gasteiger partial charge in [-0.2, -0.15) is 0 Å². The Morgan fingerprint density at radius 1 is 1.56 bits per heavy atom. The molecule has 0 bridgehead atoms. The van der Waals surface area contributed by atoms with Crippen molar-refractivity contribution >= 4 is 27.5 Å². The fraction of sp³-hybridized carbons (Fsp3) is 0.273. The van der Waals surface area contributed by atoms with Crippen LogP contribution in [-0.2, 0) is 4.74 Å². The number of hydrogen-bond acceptors (Lipinski definition) is 4. The van der Waals surface area contributed by atoms with Crippen LogP contribution in [0.4, 0.5) is 0 Å². The molecule has 0 unspecified atom stereocenters. The van der Waals surface area contributed by atoms with E-state index in [4.69, 9.17) is 4.74 Å². The van der Waals surface area contributed by atoms with Crippen molar-refractivity contribution in [3.63, 3.8) is 0 Å². The van der Waals surface area contributed by atoms with Gasteiger partial charge in [-0.25, -0.2) is 4.79 Å². The van der Waals surface area contributed by atoms with Crippen LogP contribution < -0.4 is 5.56 Å². The molecular weight excluding hydrogens is 226 g/mol. The molecule has 84 valence electrons. The largest absolute Gasteiger partial charge is 0.462 e.